The number of esters is 1. The smallest absolute Gasteiger partial charge is 0.363 e. The van der Waals surface area contributed by atoms with Gasteiger partial charge < -0.3 is 14.2 Å². The van der Waals surface area contributed by atoms with E-state index in [4.69, 9.17) is 25.8 Å². The molecule has 0 fully saturated rings. The lowest BCUT2D eigenvalue weighted by Gasteiger charge is -2.14. The standard InChI is InChI=1S/C24H16BrClINO4/c1-30-21-12-14(10-17(25)22(21)31-13-15-6-2-5-9-19(15)27)11-20-24(29)32-23(28-20)16-7-3-4-8-18(16)26/h2-12H,13H2,1H3/b20-11-. The van der Waals surface area contributed by atoms with Gasteiger partial charge in [-0.2, -0.15) is 0 Å². The first-order valence-electron chi connectivity index (χ1n) is 9.47. The Kier molecular flexibility index (Phi) is 7.17. The van der Waals surface area contributed by atoms with Gasteiger partial charge in [-0.05, 0) is 80.5 Å². The van der Waals surface area contributed by atoms with Crippen LogP contribution in [0.5, 0.6) is 11.5 Å². The van der Waals surface area contributed by atoms with Gasteiger partial charge in [0.25, 0.3) is 0 Å². The molecule has 0 radical (unpaired) electrons. The number of carbonyl (C=O) groups excluding carboxylic acids is 1. The highest BCUT2D eigenvalue weighted by atomic mass is 127. The second kappa shape index (κ2) is 10.1. The van der Waals surface area contributed by atoms with Crippen molar-refractivity contribution in [3.05, 3.63) is 96.1 Å². The van der Waals surface area contributed by atoms with Gasteiger partial charge in [-0.1, -0.05) is 41.9 Å². The van der Waals surface area contributed by atoms with Gasteiger partial charge in [0.2, 0.25) is 5.90 Å². The highest BCUT2D eigenvalue weighted by Gasteiger charge is 2.25. The maximum atomic E-state index is 12.4. The molecule has 1 heterocycles. The van der Waals surface area contributed by atoms with Crippen molar-refractivity contribution in [1.29, 1.82) is 0 Å². The lowest BCUT2D eigenvalue weighted by molar-refractivity contribution is -0.129. The van der Waals surface area contributed by atoms with Crippen LogP contribution in [0.1, 0.15) is 16.7 Å². The Morgan fingerprint density at radius 1 is 1.16 bits per heavy atom. The maximum absolute atomic E-state index is 12.4. The van der Waals surface area contributed by atoms with E-state index in [9.17, 15) is 4.79 Å². The van der Waals surface area contributed by atoms with Crippen LogP contribution in [-0.4, -0.2) is 19.0 Å². The van der Waals surface area contributed by atoms with E-state index in [1.165, 1.54) is 0 Å². The minimum atomic E-state index is -0.547. The van der Waals surface area contributed by atoms with Crippen LogP contribution in [0, 0.1) is 3.57 Å². The molecule has 5 nitrogen and oxygen atoms in total. The molecule has 0 aromatic heterocycles. The third kappa shape index (κ3) is 5.00. The average Bonchev–Trinajstić information content (AvgIpc) is 3.14. The molecule has 0 N–H and O–H groups in total. The first-order chi connectivity index (χ1) is 15.5. The molecule has 0 amide bonds. The summed E-state index contributed by atoms with van der Waals surface area (Å²) in [5, 5.41) is 0.458. The van der Waals surface area contributed by atoms with Crippen LogP contribution < -0.4 is 9.47 Å². The predicted molar refractivity (Wildman–Crippen MR) is 136 cm³/mol. The predicted octanol–water partition coefficient (Wildman–Crippen LogP) is 6.64. The monoisotopic (exact) mass is 623 g/mol. The summed E-state index contributed by atoms with van der Waals surface area (Å²) < 4.78 is 18.7. The molecule has 0 saturated heterocycles. The summed E-state index contributed by atoms with van der Waals surface area (Å²) in [6.45, 7) is 0.395. The number of rotatable bonds is 6. The molecule has 0 atom stereocenters. The second-order valence-electron chi connectivity index (χ2n) is 6.73. The molecule has 0 saturated carbocycles. The molecule has 4 rings (SSSR count). The van der Waals surface area contributed by atoms with Crippen molar-refractivity contribution in [2.45, 2.75) is 6.61 Å². The fourth-order valence-corrected chi connectivity index (χ4v) is 4.38. The fourth-order valence-electron chi connectivity index (χ4n) is 3.05. The van der Waals surface area contributed by atoms with Crippen molar-refractivity contribution in [2.24, 2.45) is 4.99 Å². The van der Waals surface area contributed by atoms with Gasteiger partial charge in [0.05, 0.1) is 22.2 Å². The molecule has 0 unspecified atom stereocenters. The number of nitrogens with zero attached hydrogens (tertiary/aromatic N) is 1. The number of carbonyl (C=O) groups is 1. The second-order valence-corrected chi connectivity index (χ2v) is 9.15. The Morgan fingerprint density at radius 3 is 2.66 bits per heavy atom. The summed E-state index contributed by atoms with van der Waals surface area (Å²) in [5.41, 5.74) is 2.50. The van der Waals surface area contributed by atoms with Crippen LogP contribution in [-0.2, 0) is 16.1 Å². The molecule has 0 spiro atoms. The van der Waals surface area contributed by atoms with E-state index in [1.54, 1.807) is 43.5 Å². The number of cyclic esters (lactones) is 1. The number of hydrogen-bond acceptors (Lipinski definition) is 5. The number of benzene rings is 3. The van der Waals surface area contributed by atoms with Gasteiger partial charge in [0.15, 0.2) is 17.2 Å². The van der Waals surface area contributed by atoms with Gasteiger partial charge in [-0.3, -0.25) is 0 Å². The SMILES string of the molecule is COc1cc(/C=C2\N=C(c3ccccc3Cl)OC2=O)cc(Br)c1OCc1ccccc1I. The van der Waals surface area contributed by atoms with Crippen LogP contribution in [0.4, 0.5) is 0 Å². The van der Waals surface area contributed by atoms with Gasteiger partial charge in [0.1, 0.15) is 6.61 Å². The zero-order valence-electron chi connectivity index (χ0n) is 16.8. The summed E-state index contributed by atoms with van der Waals surface area (Å²) in [7, 11) is 1.56. The van der Waals surface area contributed by atoms with Crippen molar-refractivity contribution in [3.8, 4) is 11.5 Å². The molecule has 8 heteroatoms. The molecular weight excluding hydrogens is 609 g/mol. The van der Waals surface area contributed by atoms with E-state index in [0.717, 1.165) is 9.13 Å². The summed E-state index contributed by atoms with van der Waals surface area (Å²) in [6, 6.07) is 18.7. The average molecular weight is 625 g/mol. The maximum Gasteiger partial charge on any atom is 0.363 e. The molecule has 1 aliphatic heterocycles. The molecule has 3 aromatic carbocycles. The summed E-state index contributed by atoms with van der Waals surface area (Å²) >= 11 is 12.0. The van der Waals surface area contributed by atoms with Crippen LogP contribution in [0.25, 0.3) is 6.08 Å². The van der Waals surface area contributed by atoms with Crippen molar-refractivity contribution in [3.63, 3.8) is 0 Å². The minimum Gasteiger partial charge on any atom is -0.493 e. The third-order valence-electron chi connectivity index (χ3n) is 4.61. The Balaban J connectivity index is 1.61. The third-order valence-corrected chi connectivity index (χ3v) is 6.58. The topological polar surface area (TPSA) is 57.1 Å². The zero-order chi connectivity index (χ0) is 22.7. The normalized spacial score (nSPS) is 14.3. The Morgan fingerprint density at radius 2 is 1.91 bits per heavy atom. The first-order valence-corrected chi connectivity index (χ1v) is 11.7. The quantitative estimate of drug-likeness (QED) is 0.175. The number of halogens is 3. The Hall–Kier alpha value is -2.36. The van der Waals surface area contributed by atoms with Crippen LogP contribution in [0.15, 0.2) is 75.8 Å². The molecule has 162 valence electrons. The lowest BCUT2D eigenvalue weighted by atomic mass is 10.1. The number of hydrogen-bond donors (Lipinski definition) is 0. The minimum absolute atomic E-state index is 0.168. The molecule has 3 aromatic rings. The number of aliphatic imine (C=N–C) groups is 1. The van der Waals surface area contributed by atoms with E-state index in [1.807, 2.05) is 30.3 Å². The highest BCUT2D eigenvalue weighted by molar-refractivity contribution is 14.1. The molecular formula is C24H16BrClINO4. The summed E-state index contributed by atoms with van der Waals surface area (Å²) in [4.78, 5) is 16.7. The fraction of sp³-hybridized carbons (Fsp3) is 0.0833. The van der Waals surface area contributed by atoms with Gasteiger partial charge in [0, 0.05) is 9.13 Å². The summed E-state index contributed by atoms with van der Waals surface area (Å²) in [5.74, 6) is 0.728. The Labute approximate surface area is 212 Å². The van der Waals surface area contributed by atoms with Crippen molar-refractivity contribution >= 4 is 68.1 Å². The van der Waals surface area contributed by atoms with Crippen LogP contribution >= 0.6 is 50.1 Å². The molecule has 1 aliphatic rings. The van der Waals surface area contributed by atoms with Gasteiger partial charge in [-0.25, -0.2) is 9.79 Å². The molecule has 0 aliphatic carbocycles. The highest BCUT2D eigenvalue weighted by Crippen LogP contribution is 2.38. The largest absolute Gasteiger partial charge is 0.493 e. The number of ether oxygens (including phenoxy) is 3. The molecule has 32 heavy (non-hydrogen) atoms. The number of methoxy groups -OCH3 is 1. The first kappa shape index (κ1) is 22.8. The van der Waals surface area contributed by atoms with Crippen molar-refractivity contribution in [1.82, 2.24) is 0 Å². The van der Waals surface area contributed by atoms with Crippen molar-refractivity contribution < 1.29 is 19.0 Å². The van der Waals surface area contributed by atoms with E-state index >= 15 is 0 Å². The van der Waals surface area contributed by atoms with Crippen LogP contribution in [0.3, 0.4) is 0 Å². The van der Waals surface area contributed by atoms with E-state index in [2.05, 4.69) is 43.5 Å². The summed E-state index contributed by atoms with van der Waals surface area (Å²) in [6.07, 6.45) is 1.63. The lowest BCUT2D eigenvalue weighted by Crippen LogP contribution is -2.05. The van der Waals surface area contributed by atoms with E-state index in [-0.39, 0.29) is 11.6 Å². The molecule has 0 bridgehead atoms. The Bertz CT molecular complexity index is 1260. The van der Waals surface area contributed by atoms with E-state index < -0.39 is 5.97 Å². The van der Waals surface area contributed by atoms with E-state index in [0.29, 0.717) is 38.7 Å². The zero-order valence-corrected chi connectivity index (χ0v) is 21.3. The van der Waals surface area contributed by atoms with Crippen molar-refractivity contribution in [2.75, 3.05) is 7.11 Å². The van der Waals surface area contributed by atoms with Gasteiger partial charge >= 0.3 is 5.97 Å². The van der Waals surface area contributed by atoms with Crippen LogP contribution in [0.2, 0.25) is 5.02 Å². The van der Waals surface area contributed by atoms with Gasteiger partial charge in [-0.15, -0.1) is 0 Å².